The Morgan fingerprint density at radius 2 is 1.40 bits per heavy atom. The second-order valence-corrected chi connectivity index (χ2v) is 13.4. The minimum absolute atomic E-state index is 0.0264. The van der Waals surface area contributed by atoms with Crippen LogP contribution in [-0.4, -0.2) is 18.5 Å². The van der Waals surface area contributed by atoms with Crippen LogP contribution in [0.1, 0.15) is 74.6 Å². The molecule has 48 heavy (non-hydrogen) atoms. The summed E-state index contributed by atoms with van der Waals surface area (Å²) in [4.78, 5) is 24.3. The van der Waals surface area contributed by atoms with E-state index in [1.54, 1.807) is 12.1 Å². The Balaban J connectivity index is 0.000000307. The molecular weight excluding hydrogens is 601 g/mol. The summed E-state index contributed by atoms with van der Waals surface area (Å²) in [6, 6.07) is 30.4. The van der Waals surface area contributed by atoms with Crippen LogP contribution in [0.5, 0.6) is 5.75 Å². The molecule has 2 unspecified atom stereocenters. The van der Waals surface area contributed by atoms with Gasteiger partial charge in [-0.1, -0.05) is 97.8 Å². The Labute approximate surface area is 285 Å². The van der Waals surface area contributed by atoms with Crippen molar-refractivity contribution in [3.8, 4) is 16.9 Å². The number of halogens is 1. The van der Waals surface area contributed by atoms with Crippen LogP contribution in [0.2, 0.25) is 0 Å². The number of benzene rings is 4. The minimum atomic E-state index is -0.192. The monoisotopic (exact) mass is 651 g/mol. The van der Waals surface area contributed by atoms with Crippen LogP contribution in [-0.2, 0) is 27.5 Å². The summed E-state index contributed by atoms with van der Waals surface area (Å²) in [6.07, 6.45) is 5.12. The van der Waals surface area contributed by atoms with Crippen LogP contribution in [0.4, 0.5) is 4.39 Å². The van der Waals surface area contributed by atoms with Gasteiger partial charge in [-0.2, -0.15) is 0 Å². The molecule has 0 aliphatic heterocycles. The number of carbonyl (C=O) groups excluding carboxylic acids is 2. The van der Waals surface area contributed by atoms with Crippen LogP contribution in [0, 0.1) is 37.4 Å². The van der Waals surface area contributed by atoms with Crippen molar-refractivity contribution in [3.05, 3.63) is 125 Å². The second kappa shape index (κ2) is 18.8. The molecule has 0 spiro atoms. The van der Waals surface area contributed by atoms with Gasteiger partial charge >= 0.3 is 5.97 Å². The average molecular weight is 652 g/mol. The fourth-order valence-corrected chi connectivity index (χ4v) is 6.25. The maximum Gasteiger partial charge on any atom is 0.306 e. The number of nitrogens with one attached hydrogen (secondary N) is 1. The normalized spacial score (nSPS) is 17.1. The number of hydrogen-bond acceptors (Lipinski definition) is 4. The molecule has 0 aromatic heterocycles. The first kappa shape index (κ1) is 36.4. The summed E-state index contributed by atoms with van der Waals surface area (Å²) in [7, 11) is 0. The Bertz CT molecular complexity index is 1560. The van der Waals surface area contributed by atoms with Crippen LogP contribution in [0.3, 0.4) is 0 Å². The van der Waals surface area contributed by atoms with Gasteiger partial charge in [0.2, 0.25) is 5.91 Å². The zero-order valence-electron chi connectivity index (χ0n) is 28.8. The Morgan fingerprint density at radius 1 is 0.771 bits per heavy atom. The molecule has 5 nitrogen and oxygen atoms in total. The number of carbonyl (C=O) groups is 2. The van der Waals surface area contributed by atoms with Gasteiger partial charge in [0.05, 0.1) is 6.61 Å². The van der Waals surface area contributed by atoms with E-state index in [1.807, 2.05) is 92.7 Å². The van der Waals surface area contributed by atoms with Crippen molar-refractivity contribution in [2.75, 3.05) is 6.61 Å². The SMILES string of the molecule is Cc1ccc(-c2cccc(F)c2)cc1.Cc1ccc(CNC(=O)CCCOc2ccc(COC(=O)CC3CC(C)CC(C)C3)cc2)cc1. The van der Waals surface area contributed by atoms with E-state index in [0.29, 0.717) is 50.2 Å². The molecule has 6 heteroatoms. The van der Waals surface area contributed by atoms with Crippen LogP contribution in [0.25, 0.3) is 11.1 Å². The van der Waals surface area contributed by atoms with Gasteiger partial charge in [0.15, 0.2) is 0 Å². The molecule has 2 atom stereocenters. The molecule has 0 heterocycles. The molecule has 4 aromatic rings. The third-order valence-electron chi connectivity index (χ3n) is 8.69. The fraction of sp³-hybridized carbons (Fsp3) is 0.381. The van der Waals surface area contributed by atoms with Gasteiger partial charge in [-0.15, -0.1) is 0 Å². The molecule has 0 radical (unpaired) electrons. The lowest BCUT2D eigenvalue weighted by molar-refractivity contribution is -0.146. The van der Waals surface area contributed by atoms with Crippen LogP contribution >= 0.6 is 0 Å². The quantitative estimate of drug-likeness (QED) is 0.122. The van der Waals surface area contributed by atoms with E-state index in [4.69, 9.17) is 9.47 Å². The molecule has 1 saturated carbocycles. The molecule has 254 valence electrons. The second-order valence-electron chi connectivity index (χ2n) is 13.4. The minimum Gasteiger partial charge on any atom is -0.494 e. The lowest BCUT2D eigenvalue weighted by atomic mass is 9.75. The van der Waals surface area contributed by atoms with Gasteiger partial charge in [-0.05, 0) is 104 Å². The van der Waals surface area contributed by atoms with Crippen molar-refractivity contribution >= 4 is 11.9 Å². The lowest BCUT2D eigenvalue weighted by Gasteiger charge is -2.30. The number of esters is 1. The highest BCUT2D eigenvalue weighted by Crippen LogP contribution is 2.34. The van der Waals surface area contributed by atoms with Crippen LogP contribution in [0.15, 0.2) is 97.1 Å². The maximum atomic E-state index is 12.9. The standard InChI is InChI=1S/C29H39NO4.C13H11F/c1-21-6-8-24(9-7-21)19-30-28(31)5-4-14-33-27-12-10-25(11-13-27)20-34-29(32)18-26-16-22(2)15-23(3)17-26;1-10-5-7-11(8-6-10)12-3-2-4-13(14)9-12/h6-13,22-23,26H,4-5,14-20H2,1-3H3,(H,30,31);2-9H,1H3. The molecule has 1 fully saturated rings. The zero-order valence-corrected chi connectivity index (χ0v) is 28.8. The zero-order chi connectivity index (χ0) is 34.3. The summed E-state index contributed by atoms with van der Waals surface area (Å²) in [6.45, 7) is 9.95. The largest absolute Gasteiger partial charge is 0.494 e. The molecule has 5 rings (SSSR count). The van der Waals surface area contributed by atoms with Crippen molar-refractivity contribution in [2.24, 2.45) is 17.8 Å². The van der Waals surface area contributed by atoms with E-state index in [0.717, 1.165) is 40.8 Å². The number of ether oxygens (including phenoxy) is 2. The van der Waals surface area contributed by atoms with Crippen molar-refractivity contribution in [1.29, 1.82) is 0 Å². The molecule has 1 aliphatic rings. The highest BCUT2D eigenvalue weighted by Gasteiger charge is 2.26. The summed E-state index contributed by atoms with van der Waals surface area (Å²) < 4.78 is 24.2. The summed E-state index contributed by atoms with van der Waals surface area (Å²) >= 11 is 0. The molecule has 0 bridgehead atoms. The number of aryl methyl sites for hydroxylation is 2. The van der Waals surface area contributed by atoms with E-state index >= 15 is 0 Å². The smallest absolute Gasteiger partial charge is 0.306 e. The van der Waals surface area contributed by atoms with Crippen molar-refractivity contribution < 1.29 is 23.5 Å². The first-order chi connectivity index (χ1) is 23.1. The molecule has 1 N–H and O–H groups in total. The van der Waals surface area contributed by atoms with Gasteiger partial charge < -0.3 is 14.8 Å². The third-order valence-corrected chi connectivity index (χ3v) is 8.69. The maximum absolute atomic E-state index is 12.9. The predicted molar refractivity (Wildman–Crippen MR) is 191 cm³/mol. The van der Waals surface area contributed by atoms with Gasteiger partial charge in [-0.25, -0.2) is 4.39 Å². The van der Waals surface area contributed by atoms with Crippen molar-refractivity contribution in [1.82, 2.24) is 5.32 Å². The average Bonchev–Trinajstić information content (AvgIpc) is 3.06. The van der Waals surface area contributed by atoms with E-state index in [2.05, 4.69) is 19.2 Å². The van der Waals surface area contributed by atoms with Gasteiger partial charge in [0.1, 0.15) is 18.2 Å². The Hall–Kier alpha value is -4.45. The molecule has 1 aliphatic carbocycles. The fourth-order valence-electron chi connectivity index (χ4n) is 6.25. The van der Waals surface area contributed by atoms with E-state index < -0.39 is 0 Å². The first-order valence-corrected chi connectivity index (χ1v) is 17.1. The lowest BCUT2D eigenvalue weighted by Crippen LogP contribution is -2.22. The van der Waals surface area contributed by atoms with E-state index in [-0.39, 0.29) is 24.3 Å². The summed E-state index contributed by atoms with van der Waals surface area (Å²) in [5, 5.41) is 2.94. The van der Waals surface area contributed by atoms with Gasteiger partial charge in [0.25, 0.3) is 0 Å². The first-order valence-electron chi connectivity index (χ1n) is 17.1. The highest BCUT2D eigenvalue weighted by atomic mass is 19.1. The van der Waals surface area contributed by atoms with Crippen LogP contribution < -0.4 is 10.1 Å². The Morgan fingerprint density at radius 3 is 2.04 bits per heavy atom. The predicted octanol–water partition coefficient (Wildman–Crippen LogP) is 9.78. The van der Waals surface area contributed by atoms with Gasteiger partial charge in [0, 0.05) is 19.4 Å². The number of rotatable bonds is 12. The number of hydrogen-bond donors (Lipinski definition) is 1. The highest BCUT2D eigenvalue weighted by molar-refractivity contribution is 5.75. The Kier molecular flexibility index (Phi) is 14.2. The molecular formula is C42H50FNO4. The summed E-state index contributed by atoms with van der Waals surface area (Å²) in [5.74, 6) is 2.32. The van der Waals surface area contributed by atoms with Crippen molar-refractivity contribution in [3.63, 3.8) is 0 Å². The van der Waals surface area contributed by atoms with Gasteiger partial charge in [-0.3, -0.25) is 9.59 Å². The van der Waals surface area contributed by atoms with Crippen molar-refractivity contribution in [2.45, 2.75) is 79.4 Å². The molecule has 4 aromatic carbocycles. The number of amides is 1. The molecule has 1 amide bonds. The summed E-state index contributed by atoms with van der Waals surface area (Å²) in [5.41, 5.74) is 6.44. The molecule has 0 saturated heterocycles. The third kappa shape index (κ3) is 13.0. The van der Waals surface area contributed by atoms with E-state index in [1.165, 1.54) is 23.6 Å². The topological polar surface area (TPSA) is 64.6 Å². The van der Waals surface area contributed by atoms with E-state index in [9.17, 15) is 14.0 Å².